The maximum atomic E-state index is 4.69. The highest BCUT2D eigenvalue weighted by Crippen LogP contribution is 2.38. The second kappa shape index (κ2) is 5.98. The molecule has 1 aromatic heterocycles. The zero-order chi connectivity index (χ0) is 13.9. The minimum atomic E-state index is 0.720. The Kier molecular flexibility index (Phi) is 4.08. The molecule has 4 heteroatoms. The van der Waals surface area contributed by atoms with Gasteiger partial charge in [-0.3, -0.25) is 0 Å². The minimum Gasteiger partial charge on any atom is -0.370 e. The fourth-order valence-corrected chi connectivity index (χ4v) is 3.73. The Hall–Kier alpha value is -1.32. The molecule has 1 aromatic rings. The Morgan fingerprint density at radius 1 is 1.25 bits per heavy atom. The summed E-state index contributed by atoms with van der Waals surface area (Å²) in [6.07, 6.45) is 8.00. The van der Waals surface area contributed by atoms with Crippen molar-refractivity contribution in [2.24, 2.45) is 5.92 Å². The second-order valence-electron chi connectivity index (χ2n) is 6.18. The number of rotatable bonds is 4. The van der Waals surface area contributed by atoms with E-state index in [2.05, 4.69) is 33.2 Å². The van der Waals surface area contributed by atoms with E-state index in [1.807, 2.05) is 6.92 Å². The predicted octanol–water partition coefficient (Wildman–Crippen LogP) is 3.38. The lowest BCUT2D eigenvalue weighted by atomic mass is 9.85. The third kappa shape index (κ3) is 2.74. The molecule has 2 fully saturated rings. The van der Waals surface area contributed by atoms with E-state index in [1.54, 1.807) is 0 Å². The van der Waals surface area contributed by atoms with E-state index in [1.165, 1.54) is 38.6 Å². The molecular weight excluding hydrogens is 248 g/mol. The van der Waals surface area contributed by atoms with Crippen LogP contribution in [0.5, 0.6) is 0 Å². The predicted molar refractivity (Wildman–Crippen MR) is 83.3 cm³/mol. The van der Waals surface area contributed by atoms with E-state index in [0.717, 1.165) is 42.4 Å². The van der Waals surface area contributed by atoms with Gasteiger partial charge in [0.1, 0.15) is 17.5 Å². The van der Waals surface area contributed by atoms with Crippen molar-refractivity contribution in [3.63, 3.8) is 0 Å². The summed E-state index contributed by atoms with van der Waals surface area (Å²) in [6.45, 7) is 6.31. The number of anilines is 2. The van der Waals surface area contributed by atoms with Crippen LogP contribution in [0.15, 0.2) is 6.07 Å². The van der Waals surface area contributed by atoms with Gasteiger partial charge in [0.05, 0.1) is 0 Å². The first-order valence-electron chi connectivity index (χ1n) is 8.14. The largest absolute Gasteiger partial charge is 0.370 e. The molecule has 0 spiro atoms. The van der Waals surface area contributed by atoms with Crippen LogP contribution in [-0.2, 0) is 0 Å². The van der Waals surface area contributed by atoms with Crippen LogP contribution in [0, 0.1) is 12.8 Å². The van der Waals surface area contributed by atoms with Crippen molar-refractivity contribution in [2.45, 2.75) is 58.4 Å². The van der Waals surface area contributed by atoms with Crippen molar-refractivity contribution >= 4 is 11.6 Å². The summed E-state index contributed by atoms with van der Waals surface area (Å²) in [5.41, 5.74) is 0. The molecule has 1 saturated carbocycles. The van der Waals surface area contributed by atoms with E-state index in [0.29, 0.717) is 0 Å². The summed E-state index contributed by atoms with van der Waals surface area (Å²) < 4.78 is 0. The summed E-state index contributed by atoms with van der Waals surface area (Å²) in [4.78, 5) is 11.7. The Morgan fingerprint density at radius 3 is 2.95 bits per heavy atom. The molecule has 20 heavy (non-hydrogen) atoms. The first-order valence-corrected chi connectivity index (χ1v) is 8.14. The monoisotopic (exact) mass is 274 g/mol. The summed E-state index contributed by atoms with van der Waals surface area (Å²) in [7, 11) is 0. The summed E-state index contributed by atoms with van der Waals surface area (Å²) >= 11 is 0. The highest BCUT2D eigenvalue weighted by atomic mass is 15.2. The molecule has 1 aliphatic carbocycles. The summed E-state index contributed by atoms with van der Waals surface area (Å²) in [6, 6.07) is 2.86. The Morgan fingerprint density at radius 2 is 2.10 bits per heavy atom. The van der Waals surface area contributed by atoms with Gasteiger partial charge in [0.15, 0.2) is 0 Å². The Labute approximate surface area is 122 Å². The van der Waals surface area contributed by atoms with Crippen LogP contribution in [0.4, 0.5) is 11.6 Å². The van der Waals surface area contributed by atoms with Gasteiger partial charge in [-0.1, -0.05) is 19.8 Å². The molecule has 2 aliphatic rings. The SMILES string of the molecule is CCCNc1cc(N2CCC3CCCCC32)nc(C)n1. The van der Waals surface area contributed by atoms with Crippen molar-refractivity contribution in [1.82, 2.24) is 9.97 Å². The van der Waals surface area contributed by atoms with Gasteiger partial charge in [-0.2, -0.15) is 0 Å². The average Bonchev–Trinajstić information content (AvgIpc) is 2.88. The van der Waals surface area contributed by atoms with Crippen molar-refractivity contribution in [3.8, 4) is 0 Å². The number of hydrogen-bond acceptors (Lipinski definition) is 4. The summed E-state index contributed by atoms with van der Waals surface area (Å²) in [5.74, 6) is 3.88. The van der Waals surface area contributed by atoms with Gasteiger partial charge in [0.25, 0.3) is 0 Å². The fraction of sp³-hybridized carbons (Fsp3) is 0.750. The van der Waals surface area contributed by atoms with E-state index in [4.69, 9.17) is 0 Å². The molecule has 0 aromatic carbocycles. The van der Waals surface area contributed by atoms with Gasteiger partial charge in [-0.25, -0.2) is 9.97 Å². The first kappa shape index (κ1) is 13.7. The van der Waals surface area contributed by atoms with Crippen molar-refractivity contribution < 1.29 is 0 Å². The molecule has 110 valence electrons. The number of fused-ring (bicyclic) bond motifs is 1. The van der Waals surface area contributed by atoms with Crippen LogP contribution >= 0.6 is 0 Å². The second-order valence-corrected chi connectivity index (χ2v) is 6.18. The lowest BCUT2D eigenvalue weighted by molar-refractivity contribution is 0.341. The van der Waals surface area contributed by atoms with E-state index < -0.39 is 0 Å². The number of aromatic nitrogens is 2. The maximum absolute atomic E-state index is 4.69. The molecule has 3 rings (SSSR count). The lowest BCUT2D eigenvalue weighted by Gasteiger charge is -2.32. The maximum Gasteiger partial charge on any atom is 0.134 e. The summed E-state index contributed by atoms with van der Waals surface area (Å²) in [5, 5.41) is 3.39. The Bertz CT molecular complexity index is 460. The standard InChI is InChI=1S/C16H26N4/c1-3-9-17-15-11-16(19-12(2)18-15)20-10-8-13-6-4-5-7-14(13)20/h11,13-14H,3-10H2,1-2H3,(H,17,18,19). The zero-order valence-electron chi connectivity index (χ0n) is 12.7. The topological polar surface area (TPSA) is 41.0 Å². The van der Waals surface area contributed by atoms with Gasteiger partial charge in [-0.05, 0) is 38.5 Å². The van der Waals surface area contributed by atoms with Crippen LogP contribution < -0.4 is 10.2 Å². The molecule has 1 N–H and O–H groups in total. The van der Waals surface area contributed by atoms with Gasteiger partial charge in [0, 0.05) is 25.2 Å². The van der Waals surface area contributed by atoms with Crippen molar-refractivity contribution in [2.75, 3.05) is 23.3 Å². The molecule has 2 unspecified atom stereocenters. The average molecular weight is 274 g/mol. The molecule has 2 heterocycles. The first-order chi connectivity index (χ1) is 9.78. The molecular formula is C16H26N4. The molecule has 0 bridgehead atoms. The van der Waals surface area contributed by atoms with Crippen molar-refractivity contribution in [1.29, 1.82) is 0 Å². The van der Waals surface area contributed by atoms with E-state index in [9.17, 15) is 0 Å². The van der Waals surface area contributed by atoms with Gasteiger partial charge < -0.3 is 10.2 Å². The Balaban J connectivity index is 1.80. The third-order valence-corrected chi connectivity index (χ3v) is 4.68. The van der Waals surface area contributed by atoms with Crippen LogP contribution in [-0.4, -0.2) is 29.1 Å². The molecule has 0 radical (unpaired) electrons. The molecule has 2 atom stereocenters. The van der Waals surface area contributed by atoms with E-state index in [-0.39, 0.29) is 0 Å². The van der Waals surface area contributed by atoms with Crippen molar-refractivity contribution in [3.05, 3.63) is 11.9 Å². The number of hydrogen-bond donors (Lipinski definition) is 1. The fourth-order valence-electron chi connectivity index (χ4n) is 3.73. The third-order valence-electron chi connectivity index (χ3n) is 4.68. The molecule has 1 saturated heterocycles. The van der Waals surface area contributed by atoms with Gasteiger partial charge in [0.2, 0.25) is 0 Å². The normalized spacial score (nSPS) is 25.6. The highest BCUT2D eigenvalue weighted by Gasteiger charge is 2.36. The molecule has 1 aliphatic heterocycles. The number of nitrogens with zero attached hydrogens (tertiary/aromatic N) is 3. The number of nitrogens with one attached hydrogen (secondary N) is 1. The lowest BCUT2D eigenvalue weighted by Crippen LogP contribution is -2.35. The van der Waals surface area contributed by atoms with Crippen LogP contribution in [0.2, 0.25) is 0 Å². The molecule has 4 nitrogen and oxygen atoms in total. The van der Waals surface area contributed by atoms with Crippen LogP contribution in [0.3, 0.4) is 0 Å². The van der Waals surface area contributed by atoms with E-state index >= 15 is 0 Å². The van der Waals surface area contributed by atoms with Gasteiger partial charge in [-0.15, -0.1) is 0 Å². The minimum absolute atomic E-state index is 0.720. The highest BCUT2D eigenvalue weighted by molar-refractivity contribution is 5.51. The molecule has 0 amide bonds. The smallest absolute Gasteiger partial charge is 0.134 e. The zero-order valence-corrected chi connectivity index (χ0v) is 12.7. The quantitative estimate of drug-likeness (QED) is 0.914. The van der Waals surface area contributed by atoms with Crippen LogP contribution in [0.25, 0.3) is 0 Å². The number of aryl methyl sites for hydroxylation is 1. The van der Waals surface area contributed by atoms with Crippen LogP contribution in [0.1, 0.15) is 51.3 Å². The van der Waals surface area contributed by atoms with Gasteiger partial charge >= 0.3 is 0 Å².